The second-order valence-corrected chi connectivity index (χ2v) is 6.71. The number of benzene rings is 1. The Morgan fingerprint density at radius 2 is 2.00 bits per heavy atom. The van der Waals surface area contributed by atoms with E-state index < -0.39 is 0 Å². The molecule has 0 saturated heterocycles. The van der Waals surface area contributed by atoms with E-state index in [0.717, 1.165) is 25.6 Å². The van der Waals surface area contributed by atoms with Crippen LogP contribution in [0.2, 0.25) is 0 Å². The number of hydrogen-bond donors (Lipinski definition) is 2. The highest BCUT2D eigenvalue weighted by Gasteiger charge is 2.00. The van der Waals surface area contributed by atoms with Crippen LogP contribution in [0.15, 0.2) is 65.5 Å². The van der Waals surface area contributed by atoms with Crippen LogP contribution in [0.1, 0.15) is 22.9 Å². The van der Waals surface area contributed by atoms with E-state index in [-0.39, 0.29) is 0 Å². The average Bonchev–Trinajstić information content (AvgIpc) is 3.32. The molecule has 2 heterocycles. The van der Waals surface area contributed by atoms with Gasteiger partial charge in [-0.15, -0.1) is 11.3 Å². The minimum absolute atomic E-state index is 0.658. The van der Waals surface area contributed by atoms with E-state index in [1.54, 1.807) is 17.5 Å². The molecule has 2 aromatic heterocycles. The molecule has 130 valence electrons. The second kappa shape index (κ2) is 9.03. The first-order chi connectivity index (χ1) is 12.3. The van der Waals surface area contributed by atoms with E-state index in [2.05, 4.69) is 73.9 Å². The summed E-state index contributed by atoms with van der Waals surface area (Å²) >= 11 is 1.75. The fourth-order valence-electron chi connectivity index (χ4n) is 2.44. The van der Waals surface area contributed by atoms with Gasteiger partial charge in [-0.2, -0.15) is 0 Å². The summed E-state index contributed by atoms with van der Waals surface area (Å²) in [4.78, 5) is 10.0. The molecule has 0 atom stereocenters. The molecule has 0 unspecified atom stereocenters. The van der Waals surface area contributed by atoms with Gasteiger partial charge >= 0.3 is 0 Å². The fraction of sp³-hybridized carbons (Fsp3) is 0.263. The molecule has 0 spiro atoms. The number of nitrogens with one attached hydrogen (secondary N) is 2. The van der Waals surface area contributed by atoms with Crippen LogP contribution in [0.3, 0.4) is 0 Å². The maximum atomic E-state index is 4.67. The van der Waals surface area contributed by atoms with Crippen LogP contribution in [0.5, 0.6) is 0 Å². The van der Waals surface area contributed by atoms with Crippen LogP contribution in [-0.2, 0) is 19.6 Å². The normalized spacial score (nSPS) is 11.5. The van der Waals surface area contributed by atoms with Crippen molar-refractivity contribution < 1.29 is 0 Å². The van der Waals surface area contributed by atoms with Crippen LogP contribution in [0.4, 0.5) is 0 Å². The maximum absolute atomic E-state index is 4.67. The summed E-state index contributed by atoms with van der Waals surface area (Å²) < 4.78 is 2.06. The number of imidazole rings is 1. The van der Waals surface area contributed by atoms with E-state index >= 15 is 0 Å². The van der Waals surface area contributed by atoms with Gasteiger partial charge in [0.1, 0.15) is 0 Å². The summed E-state index contributed by atoms with van der Waals surface area (Å²) in [6.45, 7) is 5.22. The summed E-state index contributed by atoms with van der Waals surface area (Å²) in [6, 6.07) is 12.8. The van der Waals surface area contributed by atoms with Gasteiger partial charge in [0.15, 0.2) is 5.96 Å². The molecule has 6 heteroatoms. The standard InChI is InChI=1S/C19H23N5S/c1-2-21-19(23-13-18-4-3-11-25-18)22-12-16-5-7-17(8-6-16)14-24-10-9-20-15-24/h3-11,15H,2,12-14H2,1H3,(H2,21,22,23). The van der Waals surface area contributed by atoms with E-state index in [1.165, 1.54) is 16.0 Å². The van der Waals surface area contributed by atoms with Gasteiger partial charge in [-0.25, -0.2) is 9.98 Å². The molecule has 25 heavy (non-hydrogen) atoms. The summed E-state index contributed by atoms with van der Waals surface area (Å²) in [6.07, 6.45) is 5.61. The predicted octanol–water partition coefficient (Wildman–Crippen LogP) is 3.25. The van der Waals surface area contributed by atoms with Crippen LogP contribution in [-0.4, -0.2) is 22.1 Å². The molecule has 1 aromatic carbocycles. The van der Waals surface area contributed by atoms with Crippen molar-refractivity contribution in [1.82, 2.24) is 20.2 Å². The van der Waals surface area contributed by atoms with Crippen molar-refractivity contribution in [3.05, 3.63) is 76.5 Å². The summed E-state index contributed by atoms with van der Waals surface area (Å²) in [5.41, 5.74) is 2.45. The first-order valence-electron chi connectivity index (χ1n) is 8.41. The number of rotatable bonds is 7. The number of aromatic nitrogens is 2. The molecular weight excluding hydrogens is 330 g/mol. The second-order valence-electron chi connectivity index (χ2n) is 5.68. The van der Waals surface area contributed by atoms with Crippen molar-refractivity contribution in [3.63, 3.8) is 0 Å². The average molecular weight is 353 g/mol. The van der Waals surface area contributed by atoms with E-state index in [9.17, 15) is 0 Å². The number of aliphatic imine (C=N–C) groups is 1. The van der Waals surface area contributed by atoms with Gasteiger partial charge < -0.3 is 15.2 Å². The van der Waals surface area contributed by atoms with Crippen molar-refractivity contribution in [1.29, 1.82) is 0 Å². The van der Waals surface area contributed by atoms with Gasteiger partial charge in [0, 0.05) is 30.4 Å². The first kappa shape index (κ1) is 17.2. The Morgan fingerprint density at radius 1 is 1.16 bits per heavy atom. The Bertz CT molecular complexity index is 761. The molecule has 0 amide bonds. The summed E-state index contributed by atoms with van der Waals surface area (Å²) in [5.74, 6) is 0.846. The number of nitrogens with zero attached hydrogens (tertiary/aromatic N) is 3. The topological polar surface area (TPSA) is 54.2 Å². The Balaban J connectivity index is 1.56. The van der Waals surface area contributed by atoms with E-state index in [0.29, 0.717) is 6.54 Å². The van der Waals surface area contributed by atoms with Gasteiger partial charge in [0.2, 0.25) is 0 Å². The lowest BCUT2D eigenvalue weighted by molar-refractivity contribution is 0.796. The molecule has 0 aliphatic rings. The van der Waals surface area contributed by atoms with Gasteiger partial charge in [-0.1, -0.05) is 30.3 Å². The highest BCUT2D eigenvalue weighted by molar-refractivity contribution is 7.09. The minimum Gasteiger partial charge on any atom is -0.357 e. The zero-order valence-corrected chi connectivity index (χ0v) is 15.2. The molecule has 3 aromatic rings. The zero-order valence-electron chi connectivity index (χ0n) is 14.4. The third-order valence-electron chi connectivity index (χ3n) is 3.72. The minimum atomic E-state index is 0.658. The maximum Gasteiger partial charge on any atom is 0.191 e. The molecule has 0 fully saturated rings. The zero-order chi connectivity index (χ0) is 17.3. The van der Waals surface area contributed by atoms with Crippen molar-refractivity contribution in [2.75, 3.05) is 6.54 Å². The van der Waals surface area contributed by atoms with E-state index in [1.807, 2.05) is 12.5 Å². The van der Waals surface area contributed by atoms with Crippen molar-refractivity contribution >= 4 is 17.3 Å². The highest BCUT2D eigenvalue weighted by atomic mass is 32.1. The van der Waals surface area contributed by atoms with Crippen LogP contribution >= 0.6 is 11.3 Å². The molecule has 0 aliphatic heterocycles. The molecular formula is C19H23N5S. The van der Waals surface area contributed by atoms with Gasteiger partial charge in [-0.3, -0.25) is 0 Å². The smallest absolute Gasteiger partial charge is 0.191 e. The molecule has 0 radical (unpaired) electrons. The highest BCUT2D eigenvalue weighted by Crippen LogP contribution is 2.09. The van der Waals surface area contributed by atoms with Crippen molar-refractivity contribution in [2.45, 2.75) is 26.6 Å². The quantitative estimate of drug-likeness (QED) is 0.506. The molecule has 5 nitrogen and oxygen atoms in total. The molecule has 0 bridgehead atoms. The monoisotopic (exact) mass is 353 g/mol. The van der Waals surface area contributed by atoms with Crippen molar-refractivity contribution in [3.8, 4) is 0 Å². The van der Waals surface area contributed by atoms with Crippen LogP contribution in [0, 0.1) is 0 Å². The fourth-order valence-corrected chi connectivity index (χ4v) is 3.08. The van der Waals surface area contributed by atoms with Crippen LogP contribution < -0.4 is 10.6 Å². The molecule has 0 saturated carbocycles. The Labute approximate surface area is 152 Å². The number of guanidine groups is 1. The summed E-state index contributed by atoms with van der Waals surface area (Å²) in [5, 5.41) is 8.75. The Morgan fingerprint density at radius 3 is 2.68 bits per heavy atom. The predicted molar refractivity (Wildman–Crippen MR) is 104 cm³/mol. The van der Waals surface area contributed by atoms with E-state index in [4.69, 9.17) is 0 Å². The lowest BCUT2D eigenvalue weighted by Crippen LogP contribution is -2.36. The summed E-state index contributed by atoms with van der Waals surface area (Å²) in [7, 11) is 0. The Kier molecular flexibility index (Phi) is 6.23. The van der Waals surface area contributed by atoms with Gasteiger partial charge in [0.25, 0.3) is 0 Å². The van der Waals surface area contributed by atoms with Crippen molar-refractivity contribution in [2.24, 2.45) is 4.99 Å². The Hall–Kier alpha value is -2.60. The van der Waals surface area contributed by atoms with Gasteiger partial charge in [0.05, 0.1) is 19.4 Å². The van der Waals surface area contributed by atoms with Crippen LogP contribution in [0.25, 0.3) is 0 Å². The molecule has 0 aliphatic carbocycles. The first-order valence-corrected chi connectivity index (χ1v) is 9.29. The number of hydrogen-bond acceptors (Lipinski definition) is 3. The molecule has 3 rings (SSSR count). The number of thiophene rings is 1. The SMILES string of the molecule is CCNC(=NCc1ccc(Cn2ccnc2)cc1)NCc1cccs1. The lowest BCUT2D eigenvalue weighted by atomic mass is 10.1. The lowest BCUT2D eigenvalue weighted by Gasteiger charge is -2.10. The largest absolute Gasteiger partial charge is 0.357 e. The third-order valence-corrected chi connectivity index (χ3v) is 4.60. The van der Waals surface area contributed by atoms with Gasteiger partial charge in [-0.05, 0) is 29.5 Å². The molecule has 2 N–H and O–H groups in total. The third kappa shape index (κ3) is 5.46.